The minimum atomic E-state index is -0.339. The summed E-state index contributed by atoms with van der Waals surface area (Å²) in [5.74, 6) is 1.30. The van der Waals surface area contributed by atoms with Crippen LogP contribution in [0.2, 0.25) is 0 Å². The monoisotopic (exact) mass is 496 g/mol. The zero-order chi connectivity index (χ0) is 18.6. The topological polar surface area (TPSA) is 84.0 Å². The molecule has 0 radical (unpaired) electrons. The van der Waals surface area contributed by atoms with Crippen molar-refractivity contribution in [3.05, 3.63) is 0 Å². The molecule has 0 aromatic heterocycles. The Hall–Kier alpha value is -0.770. The summed E-state index contributed by atoms with van der Waals surface area (Å²) in [4.78, 5) is 15.9. The zero-order valence-corrected chi connectivity index (χ0v) is 19.1. The van der Waals surface area contributed by atoms with Crippen LogP contribution in [-0.4, -0.2) is 57.5 Å². The fraction of sp³-hybridized carbons (Fsp3) is 0.895. The molecule has 1 amide bonds. The van der Waals surface area contributed by atoms with Crippen molar-refractivity contribution < 1.29 is 14.3 Å². The van der Waals surface area contributed by atoms with Crippen molar-refractivity contribution in [3.63, 3.8) is 0 Å². The lowest BCUT2D eigenvalue weighted by molar-refractivity contribution is 0.0277. The number of hydrogen-bond acceptors (Lipinski definition) is 4. The highest BCUT2D eigenvalue weighted by molar-refractivity contribution is 14.0. The van der Waals surface area contributed by atoms with E-state index in [1.807, 2.05) is 6.92 Å². The molecule has 2 rings (SSSR count). The minimum Gasteiger partial charge on any atom is -0.450 e. The highest BCUT2D eigenvalue weighted by Crippen LogP contribution is 2.32. The first-order valence-electron chi connectivity index (χ1n) is 10.2. The number of hydrogen-bond donors (Lipinski definition) is 3. The van der Waals surface area contributed by atoms with Crippen LogP contribution in [0.4, 0.5) is 4.79 Å². The molecular weight excluding hydrogens is 459 g/mol. The van der Waals surface area contributed by atoms with Crippen molar-refractivity contribution in [1.82, 2.24) is 16.0 Å². The van der Waals surface area contributed by atoms with Crippen molar-refractivity contribution in [2.45, 2.75) is 70.4 Å². The van der Waals surface area contributed by atoms with Gasteiger partial charge in [0.25, 0.3) is 0 Å². The summed E-state index contributed by atoms with van der Waals surface area (Å²) in [5, 5.41) is 9.57. The van der Waals surface area contributed by atoms with E-state index >= 15 is 0 Å². The number of nitrogens with zero attached hydrogens (tertiary/aromatic N) is 1. The van der Waals surface area contributed by atoms with Crippen LogP contribution in [0.25, 0.3) is 0 Å². The number of ether oxygens (including phenoxy) is 2. The van der Waals surface area contributed by atoms with Crippen LogP contribution >= 0.6 is 24.0 Å². The molecule has 0 aliphatic heterocycles. The van der Waals surface area contributed by atoms with Gasteiger partial charge in [-0.2, -0.15) is 0 Å². The Balaban J connectivity index is 0.00000364. The molecule has 2 aliphatic carbocycles. The second kappa shape index (κ2) is 14.3. The van der Waals surface area contributed by atoms with Crippen molar-refractivity contribution in [2.75, 3.05) is 33.4 Å². The molecule has 27 heavy (non-hydrogen) atoms. The van der Waals surface area contributed by atoms with Crippen LogP contribution in [0.1, 0.15) is 58.3 Å². The predicted molar refractivity (Wildman–Crippen MR) is 119 cm³/mol. The van der Waals surface area contributed by atoms with Gasteiger partial charge in [-0.05, 0) is 44.9 Å². The molecule has 0 aromatic rings. The molecule has 3 N–H and O–H groups in total. The molecular formula is C19H37IN4O3. The second-order valence-corrected chi connectivity index (χ2v) is 7.17. The molecule has 0 heterocycles. The SMILES string of the molecule is CCOC(=O)NC(CNC(=NC)NCCCOC1CCCCC1)C1CC1.I. The van der Waals surface area contributed by atoms with Gasteiger partial charge in [0.1, 0.15) is 0 Å². The molecule has 7 nitrogen and oxygen atoms in total. The van der Waals surface area contributed by atoms with Gasteiger partial charge in [0.05, 0.1) is 18.8 Å². The third-order valence-corrected chi connectivity index (χ3v) is 5.00. The molecule has 2 fully saturated rings. The maximum Gasteiger partial charge on any atom is 0.407 e. The molecule has 158 valence electrons. The Morgan fingerprint density at radius 3 is 2.52 bits per heavy atom. The van der Waals surface area contributed by atoms with Gasteiger partial charge < -0.3 is 25.4 Å². The van der Waals surface area contributed by atoms with E-state index in [1.54, 1.807) is 7.05 Å². The first kappa shape index (κ1) is 24.3. The quantitative estimate of drug-likeness (QED) is 0.188. The first-order valence-corrected chi connectivity index (χ1v) is 10.2. The van der Waals surface area contributed by atoms with Crippen LogP contribution in [0.3, 0.4) is 0 Å². The summed E-state index contributed by atoms with van der Waals surface area (Å²) in [5.41, 5.74) is 0. The Kier molecular flexibility index (Phi) is 12.8. The van der Waals surface area contributed by atoms with Gasteiger partial charge in [-0.15, -0.1) is 24.0 Å². The second-order valence-electron chi connectivity index (χ2n) is 7.17. The molecule has 8 heteroatoms. The summed E-state index contributed by atoms with van der Waals surface area (Å²) in [6.45, 7) is 4.48. The third kappa shape index (κ3) is 10.4. The summed E-state index contributed by atoms with van der Waals surface area (Å²) >= 11 is 0. The van der Waals surface area contributed by atoms with Crippen molar-refractivity contribution in [3.8, 4) is 0 Å². The number of carbonyl (C=O) groups excluding carboxylic acids is 1. The number of alkyl carbamates (subject to hydrolysis) is 1. The van der Waals surface area contributed by atoms with Gasteiger partial charge in [0.2, 0.25) is 0 Å². The normalized spacial score (nSPS) is 19.0. The maximum absolute atomic E-state index is 11.7. The van der Waals surface area contributed by atoms with E-state index in [2.05, 4.69) is 20.9 Å². The van der Waals surface area contributed by atoms with Crippen LogP contribution in [0.15, 0.2) is 4.99 Å². The molecule has 0 spiro atoms. The number of nitrogens with one attached hydrogen (secondary N) is 3. The number of amides is 1. The van der Waals surface area contributed by atoms with Crippen LogP contribution in [0, 0.1) is 5.92 Å². The van der Waals surface area contributed by atoms with Crippen molar-refractivity contribution >= 4 is 36.0 Å². The van der Waals surface area contributed by atoms with Crippen molar-refractivity contribution in [1.29, 1.82) is 0 Å². The van der Waals surface area contributed by atoms with Crippen LogP contribution in [-0.2, 0) is 9.47 Å². The fourth-order valence-corrected chi connectivity index (χ4v) is 3.35. The van der Waals surface area contributed by atoms with Gasteiger partial charge in [0, 0.05) is 26.7 Å². The largest absolute Gasteiger partial charge is 0.450 e. The molecule has 2 aliphatic rings. The van der Waals surface area contributed by atoms with E-state index < -0.39 is 0 Å². The van der Waals surface area contributed by atoms with Gasteiger partial charge in [-0.3, -0.25) is 4.99 Å². The Morgan fingerprint density at radius 1 is 1.15 bits per heavy atom. The van der Waals surface area contributed by atoms with Crippen molar-refractivity contribution in [2.24, 2.45) is 10.9 Å². The molecule has 0 bridgehead atoms. The Morgan fingerprint density at radius 2 is 1.89 bits per heavy atom. The summed E-state index contributed by atoms with van der Waals surface area (Å²) in [6, 6.07) is 0.0854. The Labute approximate surface area is 180 Å². The number of halogens is 1. The van der Waals surface area contributed by atoms with E-state index in [4.69, 9.17) is 9.47 Å². The molecule has 2 saturated carbocycles. The zero-order valence-electron chi connectivity index (χ0n) is 16.8. The van der Waals surface area contributed by atoms with Gasteiger partial charge >= 0.3 is 6.09 Å². The Bertz CT molecular complexity index is 441. The standard InChI is InChI=1S/C19H36N4O3.HI/c1-3-25-19(24)23-17(15-10-11-15)14-22-18(20-2)21-12-7-13-26-16-8-5-4-6-9-16;/h15-17H,3-14H2,1-2H3,(H,23,24)(H2,20,21,22);1H. The molecule has 0 aromatic carbocycles. The third-order valence-electron chi connectivity index (χ3n) is 5.00. The van der Waals surface area contributed by atoms with E-state index in [-0.39, 0.29) is 36.1 Å². The van der Waals surface area contributed by atoms with E-state index in [9.17, 15) is 4.79 Å². The average Bonchev–Trinajstić information content (AvgIpc) is 3.49. The average molecular weight is 496 g/mol. The maximum atomic E-state index is 11.7. The number of aliphatic imine (C=N–C) groups is 1. The predicted octanol–water partition coefficient (Wildman–Crippen LogP) is 3.03. The highest BCUT2D eigenvalue weighted by Gasteiger charge is 2.32. The number of guanidine groups is 1. The lowest BCUT2D eigenvalue weighted by atomic mass is 9.98. The summed E-state index contributed by atoms with van der Waals surface area (Å²) in [6.07, 6.45) is 9.80. The number of rotatable bonds is 10. The van der Waals surface area contributed by atoms with Gasteiger partial charge in [-0.1, -0.05) is 19.3 Å². The highest BCUT2D eigenvalue weighted by atomic mass is 127. The lowest BCUT2D eigenvalue weighted by Crippen LogP contribution is -2.48. The summed E-state index contributed by atoms with van der Waals surface area (Å²) in [7, 11) is 1.76. The first-order chi connectivity index (χ1) is 12.7. The fourth-order valence-electron chi connectivity index (χ4n) is 3.35. The number of carbonyl (C=O) groups is 1. The lowest BCUT2D eigenvalue weighted by Gasteiger charge is -2.22. The molecule has 1 atom stereocenters. The minimum absolute atomic E-state index is 0. The van der Waals surface area contributed by atoms with E-state index in [0.717, 1.165) is 38.4 Å². The molecule has 0 saturated heterocycles. The van der Waals surface area contributed by atoms with Crippen LogP contribution in [0.5, 0.6) is 0 Å². The molecule has 1 unspecified atom stereocenters. The van der Waals surface area contributed by atoms with Gasteiger partial charge in [-0.25, -0.2) is 4.79 Å². The summed E-state index contributed by atoms with van der Waals surface area (Å²) < 4.78 is 10.9. The van der Waals surface area contributed by atoms with Gasteiger partial charge in [0.15, 0.2) is 5.96 Å². The van der Waals surface area contributed by atoms with E-state index in [1.165, 1.54) is 32.1 Å². The van der Waals surface area contributed by atoms with Crippen LogP contribution < -0.4 is 16.0 Å². The van der Waals surface area contributed by atoms with E-state index in [0.29, 0.717) is 25.2 Å². The smallest absolute Gasteiger partial charge is 0.407 e.